The maximum Gasteiger partial charge on any atom is 0.172 e. The van der Waals surface area contributed by atoms with Crippen LogP contribution in [0.5, 0.6) is 0 Å². The van der Waals surface area contributed by atoms with E-state index in [9.17, 15) is 26.0 Å². The van der Waals surface area contributed by atoms with Crippen LogP contribution in [-0.4, -0.2) is 42.1 Å². The van der Waals surface area contributed by atoms with Gasteiger partial charge in [0.1, 0.15) is 34.4 Å². The molecule has 2 heterocycles. The van der Waals surface area contributed by atoms with Crippen LogP contribution in [0.2, 0.25) is 0 Å². The molecule has 182 valence electrons. The smallest absolute Gasteiger partial charge is 0.172 e. The molecule has 0 unspecified atom stereocenters. The van der Waals surface area contributed by atoms with Gasteiger partial charge in [0.15, 0.2) is 11.3 Å². The van der Waals surface area contributed by atoms with Crippen LogP contribution < -0.4 is 4.90 Å². The summed E-state index contributed by atoms with van der Waals surface area (Å²) < 4.78 is 5.77. The van der Waals surface area contributed by atoms with E-state index < -0.39 is 5.60 Å². The van der Waals surface area contributed by atoms with Crippen molar-refractivity contribution in [3.63, 3.8) is 0 Å². The Balaban J connectivity index is 1.76. The number of benzene rings is 1. The van der Waals surface area contributed by atoms with Crippen molar-refractivity contribution in [2.24, 2.45) is 10.2 Å². The summed E-state index contributed by atoms with van der Waals surface area (Å²) in [6, 6.07) is 16.7. The van der Waals surface area contributed by atoms with E-state index in [0.717, 1.165) is 10.6 Å². The third kappa shape index (κ3) is 6.04. The van der Waals surface area contributed by atoms with Crippen molar-refractivity contribution in [3.05, 3.63) is 69.8 Å². The zero-order valence-electron chi connectivity index (χ0n) is 19.8. The number of hydrogen-bond donors (Lipinski definition) is 2. The van der Waals surface area contributed by atoms with E-state index in [0.29, 0.717) is 29.4 Å². The topological polar surface area (TPSA) is 149 Å². The maximum absolute atomic E-state index is 9.64. The number of thiophene rings is 1. The number of nitriles is 3. The summed E-state index contributed by atoms with van der Waals surface area (Å²) in [5.74, 6) is 0.00896. The quantitative estimate of drug-likeness (QED) is 0.367. The zero-order chi connectivity index (χ0) is 26.1. The molecular weight excluding hydrogens is 476 g/mol. The number of rotatable bonds is 9. The van der Waals surface area contributed by atoms with Crippen LogP contribution in [0.3, 0.4) is 0 Å². The molecule has 0 fully saturated rings. The molecule has 0 atom stereocenters. The van der Waals surface area contributed by atoms with Crippen molar-refractivity contribution in [1.82, 2.24) is 0 Å². The number of aliphatic hydroxyl groups excluding tert-OH is 2. The van der Waals surface area contributed by atoms with Gasteiger partial charge < -0.3 is 19.8 Å². The highest BCUT2D eigenvalue weighted by molar-refractivity contribution is 7.16. The fourth-order valence-corrected chi connectivity index (χ4v) is 4.31. The van der Waals surface area contributed by atoms with Gasteiger partial charge in [0.2, 0.25) is 0 Å². The van der Waals surface area contributed by atoms with Gasteiger partial charge in [0, 0.05) is 29.2 Å². The first-order chi connectivity index (χ1) is 17.4. The molecule has 0 saturated carbocycles. The third-order valence-electron chi connectivity index (χ3n) is 5.31. The minimum absolute atomic E-state index is 0.00508. The predicted molar refractivity (Wildman–Crippen MR) is 136 cm³/mol. The average Bonchev–Trinajstić information content (AvgIpc) is 3.43. The lowest BCUT2D eigenvalue weighted by atomic mass is 9.94. The molecule has 2 aromatic rings. The monoisotopic (exact) mass is 500 g/mol. The Morgan fingerprint density at radius 1 is 1.00 bits per heavy atom. The molecule has 9 nitrogen and oxygen atoms in total. The van der Waals surface area contributed by atoms with Crippen LogP contribution in [-0.2, 0) is 4.74 Å². The van der Waals surface area contributed by atoms with Crippen molar-refractivity contribution >= 4 is 33.8 Å². The third-order valence-corrected chi connectivity index (χ3v) is 6.25. The van der Waals surface area contributed by atoms with E-state index >= 15 is 0 Å². The zero-order valence-corrected chi connectivity index (χ0v) is 20.7. The summed E-state index contributed by atoms with van der Waals surface area (Å²) in [6.07, 6.45) is 3.59. The highest BCUT2D eigenvalue weighted by Gasteiger charge is 2.38. The molecule has 0 bridgehead atoms. The van der Waals surface area contributed by atoms with Gasteiger partial charge in [-0.25, -0.2) is 0 Å². The standard InChI is InChI=1S/C26H24N6O3S/c1-26(2)23(22(17-29)25(35-26)18(15-27)16-28)9-7-21-8-10-24(36-21)31-30-19-3-5-20(6-4-19)32(11-13-33)12-14-34/h3-10,33-34H,11-14H2,1-2H3/b9-7+,31-30?. The summed E-state index contributed by atoms with van der Waals surface area (Å²) in [7, 11) is 0. The van der Waals surface area contributed by atoms with E-state index in [1.54, 1.807) is 32.1 Å². The first kappa shape index (κ1) is 26.3. The molecular formula is C26H24N6O3S. The second-order valence-corrected chi connectivity index (χ2v) is 9.19. The van der Waals surface area contributed by atoms with E-state index in [-0.39, 0.29) is 30.1 Å². The van der Waals surface area contributed by atoms with Crippen molar-refractivity contribution in [2.45, 2.75) is 19.4 Å². The minimum Gasteiger partial charge on any atom is -0.480 e. The van der Waals surface area contributed by atoms with Crippen LogP contribution in [0.15, 0.2) is 75.2 Å². The molecule has 0 spiro atoms. The Morgan fingerprint density at radius 2 is 1.67 bits per heavy atom. The second-order valence-electron chi connectivity index (χ2n) is 8.10. The predicted octanol–water partition coefficient (Wildman–Crippen LogP) is 4.90. The molecule has 1 aliphatic rings. The maximum atomic E-state index is 9.64. The molecule has 36 heavy (non-hydrogen) atoms. The summed E-state index contributed by atoms with van der Waals surface area (Å²) in [5.41, 5.74) is 1.19. The molecule has 3 rings (SSSR count). The highest BCUT2D eigenvalue weighted by Crippen LogP contribution is 2.40. The van der Waals surface area contributed by atoms with Crippen molar-refractivity contribution in [3.8, 4) is 18.2 Å². The lowest BCUT2D eigenvalue weighted by molar-refractivity contribution is 0.0954. The number of azo groups is 1. The Bertz CT molecular complexity index is 1330. The van der Waals surface area contributed by atoms with Gasteiger partial charge in [0.05, 0.1) is 18.9 Å². The molecule has 1 aromatic heterocycles. The normalized spacial score (nSPS) is 14.5. The van der Waals surface area contributed by atoms with Gasteiger partial charge >= 0.3 is 0 Å². The summed E-state index contributed by atoms with van der Waals surface area (Å²) in [6.45, 7) is 4.39. The van der Waals surface area contributed by atoms with Gasteiger partial charge in [0.25, 0.3) is 0 Å². The van der Waals surface area contributed by atoms with E-state index in [2.05, 4.69) is 16.3 Å². The van der Waals surface area contributed by atoms with Crippen molar-refractivity contribution in [2.75, 3.05) is 31.2 Å². The fraction of sp³-hybridized carbons (Fsp3) is 0.269. The molecule has 0 radical (unpaired) electrons. The number of nitrogens with zero attached hydrogens (tertiary/aromatic N) is 6. The van der Waals surface area contributed by atoms with E-state index in [1.165, 1.54) is 11.3 Å². The summed E-state index contributed by atoms with van der Waals surface area (Å²) in [5, 5.41) is 55.6. The summed E-state index contributed by atoms with van der Waals surface area (Å²) >= 11 is 1.41. The summed E-state index contributed by atoms with van der Waals surface area (Å²) in [4.78, 5) is 2.75. The highest BCUT2D eigenvalue weighted by atomic mass is 32.1. The van der Waals surface area contributed by atoms with Crippen molar-refractivity contribution < 1.29 is 14.9 Å². The Morgan fingerprint density at radius 3 is 2.25 bits per heavy atom. The number of anilines is 1. The number of allylic oxidation sites excluding steroid dienone is 2. The molecule has 2 N–H and O–H groups in total. The molecule has 0 amide bonds. The van der Waals surface area contributed by atoms with E-state index in [1.807, 2.05) is 47.4 Å². The molecule has 1 aromatic carbocycles. The average molecular weight is 501 g/mol. The van der Waals surface area contributed by atoms with Gasteiger partial charge in [-0.05, 0) is 56.3 Å². The Labute approximate surface area is 213 Å². The largest absolute Gasteiger partial charge is 0.480 e. The first-order valence-corrected chi connectivity index (χ1v) is 11.8. The number of aliphatic hydroxyl groups is 2. The lowest BCUT2D eigenvalue weighted by Crippen LogP contribution is -2.29. The number of ether oxygens (including phenoxy) is 1. The van der Waals surface area contributed by atoms with Crippen LogP contribution in [0.25, 0.3) is 6.08 Å². The molecule has 0 saturated heterocycles. The first-order valence-electron chi connectivity index (χ1n) is 11.0. The number of hydrogen-bond acceptors (Lipinski definition) is 10. The van der Waals surface area contributed by atoms with Gasteiger partial charge in [-0.2, -0.15) is 15.8 Å². The Kier molecular flexibility index (Phi) is 8.72. The molecule has 10 heteroatoms. The van der Waals surface area contributed by atoms with E-state index in [4.69, 9.17) is 4.74 Å². The van der Waals surface area contributed by atoms with Gasteiger partial charge in [-0.1, -0.05) is 6.08 Å². The SMILES string of the molecule is CC1(C)OC(=C(C#N)C#N)C(C#N)=C1/C=C/c1ccc(N=Nc2ccc(N(CCO)CCO)cc2)s1. The van der Waals surface area contributed by atoms with Crippen molar-refractivity contribution in [1.29, 1.82) is 15.8 Å². The van der Waals surface area contributed by atoms with Crippen LogP contribution >= 0.6 is 11.3 Å². The van der Waals surface area contributed by atoms with Gasteiger partial charge in [-0.15, -0.1) is 21.6 Å². The Hall–Kier alpha value is -4.27. The van der Waals surface area contributed by atoms with Gasteiger partial charge in [-0.3, -0.25) is 0 Å². The fourth-order valence-electron chi connectivity index (χ4n) is 3.58. The second kappa shape index (κ2) is 11.9. The van der Waals surface area contributed by atoms with Crippen LogP contribution in [0.4, 0.5) is 16.4 Å². The molecule has 0 aliphatic carbocycles. The molecule has 1 aliphatic heterocycles. The van der Waals surface area contributed by atoms with Crippen LogP contribution in [0.1, 0.15) is 18.7 Å². The lowest BCUT2D eigenvalue weighted by Gasteiger charge is -2.22. The minimum atomic E-state index is -0.869. The van der Waals surface area contributed by atoms with Crippen LogP contribution in [0, 0.1) is 34.0 Å².